The lowest BCUT2D eigenvalue weighted by atomic mass is 10.2. The van der Waals surface area contributed by atoms with Crippen LogP contribution in [0.2, 0.25) is 0 Å². The molecule has 8 nitrogen and oxygen atoms in total. The number of amides is 1. The highest BCUT2D eigenvalue weighted by molar-refractivity contribution is 6.02. The van der Waals surface area contributed by atoms with E-state index in [-0.39, 0.29) is 11.3 Å². The molecule has 0 fully saturated rings. The summed E-state index contributed by atoms with van der Waals surface area (Å²) in [5, 5.41) is 29.8. The minimum atomic E-state index is -1.34. The fraction of sp³-hybridized carbons (Fsp3) is 0.100. The molecule has 1 rings (SSSR count). The van der Waals surface area contributed by atoms with Crippen LogP contribution < -0.4 is 5.32 Å². The summed E-state index contributed by atoms with van der Waals surface area (Å²) in [7, 11) is 0. The Labute approximate surface area is 101 Å². The van der Waals surface area contributed by atoms with Gasteiger partial charge in [0.2, 0.25) is 5.91 Å². The molecule has 1 aromatic rings. The van der Waals surface area contributed by atoms with Crippen LogP contribution in [0.15, 0.2) is 18.2 Å². The Morgan fingerprint density at radius 3 is 2.67 bits per heavy atom. The molecule has 0 radical (unpaired) electrons. The van der Waals surface area contributed by atoms with Gasteiger partial charge in [-0.15, -0.1) is 0 Å². The summed E-state index contributed by atoms with van der Waals surface area (Å²) in [5.74, 6) is -2.22. The first-order valence-corrected chi connectivity index (χ1v) is 4.64. The van der Waals surface area contributed by atoms with Crippen molar-refractivity contribution in [2.75, 3.05) is 5.32 Å². The Bertz CT molecular complexity index is 561. The zero-order valence-electron chi connectivity index (χ0n) is 8.91. The van der Waals surface area contributed by atoms with E-state index in [4.69, 9.17) is 10.4 Å². The van der Waals surface area contributed by atoms with Gasteiger partial charge in [0.1, 0.15) is 12.1 Å². The number of nitro groups is 1. The van der Waals surface area contributed by atoms with Gasteiger partial charge in [0, 0.05) is 6.07 Å². The third-order valence-electron chi connectivity index (χ3n) is 1.91. The van der Waals surface area contributed by atoms with E-state index in [2.05, 4.69) is 5.32 Å². The molecule has 0 saturated heterocycles. The SMILES string of the molecule is N#Cc1ccc(NC(=O)CC(=O)O)c([N+](=O)[O-])c1. The zero-order chi connectivity index (χ0) is 13.7. The van der Waals surface area contributed by atoms with Crippen molar-refractivity contribution >= 4 is 23.3 Å². The third kappa shape index (κ3) is 3.28. The smallest absolute Gasteiger partial charge is 0.312 e. The van der Waals surface area contributed by atoms with E-state index < -0.39 is 28.9 Å². The molecule has 0 bridgehead atoms. The number of anilines is 1. The molecule has 0 aromatic heterocycles. The van der Waals surface area contributed by atoms with Crippen LogP contribution in [-0.2, 0) is 9.59 Å². The van der Waals surface area contributed by atoms with Crippen LogP contribution in [0.4, 0.5) is 11.4 Å². The number of nitrogens with zero attached hydrogens (tertiary/aromatic N) is 2. The maximum Gasteiger partial charge on any atom is 0.312 e. The maximum absolute atomic E-state index is 11.2. The number of nitro benzene ring substituents is 1. The number of rotatable bonds is 4. The number of nitriles is 1. The molecule has 0 spiro atoms. The molecule has 0 atom stereocenters. The highest BCUT2D eigenvalue weighted by Crippen LogP contribution is 2.25. The molecule has 0 aliphatic rings. The average molecular weight is 249 g/mol. The van der Waals surface area contributed by atoms with E-state index >= 15 is 0 Å². The lowest BCUT2D eigenvalue weighted by Gasteiger charge is -2.04. The molecule has 92 valence electrons. The van der Waals surface area contributed by atoms with Crippen molar-refractivity contribution in [2.45, 2.75) is 6.42 Å². The van der Waals surface area contributed by atoms with Gasteiger partial charge in [0.25, 0.3) is 5.69 Å². The summed E-state index contributed by atoms with van der Waals surface area (Å²) < 4.78 is 0. The minimum Gasteiger partial charge on any atom is -0.481 e. The second kappa shape index (κ2) is 5.40. The summed E-state index contributed by atoms with van der Waals surface area (Å²) in [6.45, 7) is 0. The molecule has 0 aliphatic heterocycles. The molecule has 1 aromatic carbocycles. The Hall–Kier alpha value is -2.95. The van der Waals surface area contributed by atoms with E-state index in [0.717, 1.165) is 6.07 Å². The van der Waals surface area contributed by atoms with Gasteiger partial charge in [0.05, 0.1) is 16.6 Å². The highest BCUT2D eigenvalue weighted by Gasteiger charge is 2.17. The van der Waals surface area contributed by atoms with Crippen LogP contribution in [0.5, 0.6) is 0 Å². The number of carbonyl (C=O) groups excluding carboxylic acids is 1. The van der Waals surface area contributed by atoms with Crippen molar-refractivity contribution in [3.05, 3.63) is 33.9 Å². The quantitative estimate of drug-likeness (QED) is 0.462. The van der Waals surface area contributed by atoms with Crippen LogP contribution in [0, 0.1) is 21.4 Å². The van der Waals surface area contributed by atoms with Crippen LogP contribution in [0.1, 0.15) is 12.0 Å². The minimum absolute atomic E-state index is 0.0675. The average Bonchev–Trinajstić information content (AvgIpc) is 2.28. The summed E-state index contributed by atoms with van der Waals surface area (Å²) in [6.07, 6.45) is -0.794. The summed E-state index contributed by atoms with van der Waals surface area (Å²) in [4.78, 5) is 31.4. The van der Waals surface area contributed by atoms with Gasteiger partial charge in [-0.2, -0.15) is 5.26 Å². The summed E-state index contributed by atoms with van der Waals surface area (Å²) in [5.41, 5.74) is -0.545. The Morgan fingerprint density at radius 1 is 1.50 bits per heavy atom. The molecule has 0 aliphatic carbocycles. The van der Waals surface area contributed by atoms with E-state index in [0.29, 0.717) is 0 Å². The molecule has 2 N–H and O–H groups in total. The van der Waals surface area contributed by atoms with Gasteiger partial charge in [-0.05, 0) is 12.1 Å². The molecule has 0 unspecified atom stereocenters. The van der Waals surface area contributed by atoms with E-state index in [1.165, 1.54) is 12.1 Å². The fourth-order valence-corrected chi connectivity index (χ4v) is 1.19. The molecular weight excluding hydrogens is 242 g/mol. The molecule has 0 saturated carbocycles. The topological polar surface area (TPSA) is 133 Å². The predicted molar refractivity (Wildman–Crippen MR) is 58.7 cm³/mol. The standard InChI is InChI=1S/C10H7N3O5/c11-5-6-1-2-7(8(3-6)13(17)18)12-9(14)4-10(15)16/h1-3H,4H2,(H,12,14)(H,15,16). The second-order valence-electron chi connectivity index (χ2n) is 3.22. The number of carboxylic acids is 1. The Kier molecular flexibility index (Phi) is 3.93. The number of carbonyl (C=O) groups is 2. The molecule has 1 amide bonds. The van der Waals surface area contributed by atoms with Crippen LogP contribution >= 0.6 is 0 Å². The monoisotopic (exact) mass is 249 g/mol. The highest BCUT2D eigenvalue weighted by atomic mass is 16.6. The number of carboxylic acid groups (broad SMARTS) is 1. The van der Waals surface area contributed by atoms with E-state index in [9.17, 15) is 19.7 Å². The lowest BCUT2D eigenvalue weighted by Crippen LogP contribution is -2.16. The summed E-state index contributed by atoms with van der Waals surface area (Å²) in [6, 6.07) is 5.18. The van der Waals surface area contributed by atoms with Crippen molar-refractivity contribution in [1.29, 1.82) is 5.26 Å². The Morgan fingerprint density at radius 2 is 2.17 bits per heavy atom. The van der Waals surface area contributed by atoms with Crippen molar-refractivity contribution in [3.63, 3.8) is 0 Å². The van der Waals surface area contributed by atoms with Crippen molar-refractivity contribution in [2.24, 2.45) is 0 Å². The van der Waals surface area contributed by atoms with Gasteiger partial charge in [-0.25, -0.2) is 0 Å². The van der Waals surface area contributed by atoms with Crippen molar-refractivity contribution in [1.82, 2.24) is 0 Å². The first-order valence-electron chi connectivity index (χ1n) is 4.64. The lowest BCUT2D eigenvalue weighted by molar-refractivity contribution is -0.384. The zero-order valence-corrected chi connectivity index (χ0v) is 8.91. The molecule has 0 heterocycles. The predicted octanol–water partition coefficient (Wildman–Crippen LogP) is 0.880. The molecule has 8 heteroatoms. The van der Waals surface area contributed by atoms with Gasteiger partial charge in [0.15, 0.2) is 0 Å². The first kappa shape index (κ1) is 13.1. The number of nitrogens with one attached hydrogen (secondary N) is 1. The number of hydrogen-bond acceptors (Lipinski definition) is 5. The number of benzene rings is 1. The third-order valence-corrected chi connectivity index (χ3v) is 1.91. The van der Waals surface area contributed by atoms with Gasteiger partial charge < -0.3 is 10.4 Å². The first-order chi connectivity index (χ1) is 8.43. The van der Waals surface area contributed by atoms with Crippen molar-refractivity contribution in [3.8, 4) is 6.07 Å². The van der Waals surface area contributed by atoms with Crippen molar-refractivity contribution < 1.29 is 19.6 Å². The maximum atomic E-state index is 11.2. The second-order valence-corrected chi connectivity index (χ2v) is 3.22. The van der Waals surface area contributed by atoms with Crippen LogP contribution in [0.3, 0.4) is 0 Å². The van der Waals surface area contributed by atoms with E-state index in [1.54, 1.807) is 6.07 Å². The largest absolute Gasteiger partial charge is 0.481 e. The summed E-state index contributed by atoms with van der Waals surface area (Å²) >= 11 is 0. The van der Waals surface area contributed by atoms with Crippen LogP contribution in [0.25, 0.3) is 0 Å². The normalized spacial score (nSPS) is 9.28. The molecular formula is C10H7N3O5. The van der Waals surface area contributed by atoms with Gasteiger partial charge in [-0.3, -0.25) is 19.7 Å². The van der Waals surface area contributed by atoms with Gasteiger partial charge >= 0.3 is 5.97 Å². The van der Waals surface area contributed by atoms with E-state index in [1.807, 2.05) is 0 Å². The number of hydrogen-bond donors (Lipinski definition) is 2. The van der Waals surface area contributed by atoms with Gasteiger partial charge in [-0.1, -0.05) is 0 Å². The number of aliphatic carboxylic acids is 1. The Balaban J connectivity index is 3.02. The fourth-order valence-electron chi connectivity index (χ4n) is 1.19. The molecule has 18 heavy (non-hydrogen) atoms. The van der Waals surface area contributed by atoms with Crippen LogP contribution in [-0.4, -0.2) is 21.9 Å².